The first-order chi connectivity index (χ1) is 10.7. The maximum atomic E-state index is 4.31. The minimum Gasteiger partial charge on any atom is -0.299 e. The van der Waals surface area contributed by atoms with E-state index in [9.17, 15) is 0 Å². The third kappa shape index (κ3) is 4.41. The van der Waals surface area contributed by atoms with Crippen LogP contribution in [0.25, 0.3) is 0 Å². The first kappa shape index (κ1) is 15.7. The summed E-state index contributed by atoms with van der Waals surface area (Å²) < 4.78 is 0. The number of hydrogen-bond acceptors (Lipinski definition) is 4. The van der Waals surface area contributed by atoms with Crippen LogP contribution in [-0.2, 0) is 19.6 Å². The maximum Gasteiger partial charge on any atom is 0.0765 e. The average molecular weight is 318 g/mol. The first-order valence-corrected chi connectivity index (χ1v) is 9.05. The summed E-state index contributed by atoms with van der Waals surface area (Å²) >= 11 is 1.89. The zero-order chi connectivity index (χ0) is 15.4. The summed E-state index contributed by atoms with van der Waals surface area (Å²) in [5, 5.41) is 9.65. The van der Waals surface area contributed by atoms with Crippen LogP contribution in [0, 0.1) is 6.92 Å². The number of H-pyrrole nitrogens is 1. The Bertz CT molecular complexity index is 583. The molecule has 0 aliphatic carbocycles. The summed E-state index contributed by atoms with van der Waals surface area (Å²) in [5.41, 5.74) is 3.72. The Hall–Kier alpha value is -1.17. The van der Waals surface area contributed by atoms with Crippen LogP contribution in [0.15, 0.2) is 17.5 Å². The van der Waals surface area contributed by atoms with Gasteiger partial charge in [0.15, 0.2) is 0 Å². The van der Waals surface area contributed by atoms with E-state index >= 15 is 0 Å². The summed E-state index contributed by atoms with van der Waals surface area (Å²) in [4.78, 5) is 6.36. The third-order valence-electron chi connectivity index (χ3n) is 4.18. The van der Waals surface area contributed by atoms with Crippen LogP contribution in [0.1, 0.15) is 41.1 Å². The molecule has 0 radical (unpaired) electrons. The van der Waals surface area contributed by atoms with E-state index in [0.29, 0.717) is 0 Å². The highest BCUT2D eigenvalue weighted by Gasteiger charge is 2.12. The van der Waals surface area contributed by atoms with Gasteiger partial charge in [0.1, 0.15) is 0 Å². The maximum absolute atomic E-state index is 4.31. The van der Waals surface area contributed by atoms with E-state index in [2.05, 4.69) is 44.6 Å². The molecule has 0 spiro atoms. The van der Waals surface area contributed by atoms with Crippen LogP contribution >= 0.6 is 11.3 Å². The Morgan fingerprint density at radius 2 is 2.05 bits per heavy atom. The summed E-state index contributed by atoms with van der Waals surface area (Å²) in [6.45, 7) is 7.59. The Morgan fingerprint density at radius 3 is 2.77 bits per heavy atom. The largest absolute Gasteiger partial charge is 0.299 e. The number of piperidine rings is 1. The molecule has 0 atom stereocenters. The molecule has 1 saturated heterocycles. The molecule has 1 fully saturated rings. The van der Waals surface area contributed by atoms with Crippen LogP contribution < -0.4 is 0 Å². The van der Waals surface area contributed by atoms with E-state index in [1.807, 2.05) is 18.3 Å². The number of aromatic amines is 1. The topological polar surface area (TPSA) is 35.2 Å². The summed E-state index contributed by atoms with van der Waals surface area (Å²) in [6, 6.07) is 4.50. The van der Waals surface area contributed by atoms with Gasteiger partial charge in [0.05, 0.1) is 5.69 Å². The van der Waals surface area contributed by atoms with E-state index in [0.717, 1.165) is 31.0 Å². The Morgan fingerprint density at radius 1 is 1.23 bits per heavy atom. The van der Waals surface area contributed by atoms with Crippen molar-refractivity contribution in [3.05, 3.63) is 39.3 Å². The molecule has 5 heteroatoms. The van der Waals surface area contributed by atoms with Gasteiger partial charge in [-0.1, -0.05) is 6.42 Å². The van der Waals surface area contributed by atoms with Gasteiger partial charge in [0, 0.05) is 30.2 Å². The molecule has 4 nitrogen and oxygen atoms in total. The van der Waals surface area contributed by atoms with Gasteiger partial charge in [-0.05, 0) is 63.0 Å². The number of likely N-dealkylation sites (tertiary alicyclic amines) is 1. The molecular weight excluding hydrogens is 292 g/mol. The van der Waals surface area contributed by atoms with Crippen LogP contribution in [-0.4, -0.2) is 40.1 Å². The smallest absolute Gasteiger partial charge is 0.0765 e. The van der Waals surface area contributed by atoms with Gasteiger partial charge in [-0.15, -0.1) is 11.3 Å². The Balaban J connectivity index is 1.50. The molecule has 3 rings (SSSR count). The normalized spacial score (nSPS) is 16.5. The molecule has 0 bridgehead atoms. The van der Waals surface area contributed by atoms with E-state index < -0.39 is 0 Å². The fourth-order valence-corrected chi connectivity index (χ4v) is 4.08. The SMILES string of the molecule is Cc1cc(CN(C)Cc2cc(CN3CCCCC3)cs2)n[nH]1. The van der Waals surface area contributed by atoms with Crippen LogP contribution in [0.4, 0.5) is 0 Å². The molecule has 3 heterocycles. The van der Waals surface area contributed by atoms with E-state index in [1.54, 1.807) is 0 Å². The van der Waals surface area contributed by atoms with Crippen molar-refractivity contribution in [2.75, 3.05) is 20.1 Å². The number of nitrogens with one attached hydrogen (secondary N) is 1. The lowest BCUT2D eigenvalue weighted by Gasteiger charge is -2.25. The van der Waals surface area contributed by atoms with Gasteiger partial charge in [-0.2, -0.15) is 5.10 Å². The second kappa shape index (κ2) is 7.40. The predicted octanol–water partition coefficient (Wildman–Crippen LogP) is 3.40. The monoisotopic (exact) mass is 318 g/mol. The van der Waals surface area contributed by atoms with Crippen molar-refractivity contribution < 1.29 is 0 Å². The predicted molar refractivity (Wildman–Crippen MR) is 91.9 cm³/mol. The van der Waals surface area contributed by atoms with Crippen LogP contribution in [0.2, 0.25) is 0 Å². The van der Waals surface area contributed by atoms with Crippen LogP contribution in [0.5, 0.6) is 0 Å². The number of thiophene rings is 1. The quantitative estimate of drug-likeness (QED) is 0.886. The summed E-state index contributed by atoms with van der Waals surface area (Å²) in [7, 11) is 2.16. The molecule has 1 aliphatic rings. The van der Waals surface area contributed by atoms with Gasteiger partial charge < -0.3 is 0 Å². The van der Waals surface area contributed by atoms with Gasteiger partial charge in [0.2, 0.25) is 0 Å². The lowest BCUT2D eigenvalue weighted by atomic mass is 10.1. The molecule has 2 aromatic heterocycles. The zero-order valence-corrected chi connectivity index (χ0v) is 14.5. The number of aryl methyl sites for hydroxylation is 1. The molecule has 0 aromatic carbocycles. The highest BCUT2D eigenvalue weighted by atomic mass is 32.1. The van der Waals surface area contributed by atoms with Gasteiger partial charge >= 0.3 is 0 Å². The number of aromatic nitrogens is 2. The summed E-state index contributed by atoms with van der Waals surface area (Å²) in [6.07, 6.45) is 4.13. The highest BCUT2D eigenvalue weighted by molar-refractivity contribution is 7.10. The Kier molecular flexibility index (Phi) is 5.28. The molecule has 1 aliphatic heterocycles. The minimum absolute atomic E-state index is 0.893. The van der Waals surface area contributed by atoms with Gasteiger partial charge in [0.25, 0.3) is 0 Å². The minimum atomic E-state index is 0.893. The Labute approximate surface area is 137 Å². The molecule has 120 valence electrons. The fraction of sp³-hybridized carbons (Fsp3) is 0.588. The molecule has 2 aromatic rings. The molecule has 0 saturated carbocycles. The van der Waals surface area contributed by atoms with Crippen LogP contribution in [0.3, 0.4) is 0 Å². The van der Waals surface area contributed by atoms with Gasteiger partial charge in [-0.3, -0.25) is 14.9 Å². The van der Waals surface area contributed by atoms with Crippen molar-refractivity contribution in [2.24, 2.45) is 0 Å². The summed E-state index contributed by atoms with van der Waals surface area (Å²) in [5.74, 6) is 0. The van der Waals surface area contributed by atoms with E-state index in [-0.39, 0.29) is 0 Å². The fourth-order valence-electron chi connectivity index (χ4n) is 3.12. The molecule has 0 unspecified atom stereocenters. The second-order valence-electron chi connectivity index (χ2n) is 6.47. The lowest BCUT2D eigenvalue weighted by Crippen LogP contribution is -2.28. The van der Waals surface area contributed by atoms with Crippen molar-refractivity contribution in [3.8, 4) is 0 Å². The molecular formula is C17H26N4S. The van der Waals surface area contributed by atoms with Crippen molar-refractivity contribution >= 4 is 11.3 Å². The van der Waals surface area contributed by atoms with E-state index in [4.69, 9.17) is 0 Å². The van der Waals surface area contributed by atoms with Crippen molar-refractivity contribution in [3.63, 3.8) is 0 Å². The molecule has 22 heavy (non-hydrogen) atoms. The highest BCUT2D eigenvalue weighted by Crippen LogP contribution is 2.20. The number of hydrogen-bond donors (Lipinski definition) is 1. The molecule has 1 N–H and O–H groups in total. The van der Waals surface area contributed by atoms with Gasteiger partial charge in [-0.25, -0.2) is 0 Å². The number of nitrogens with zero attached hydrogens (tertiary/aromatic N) is 3. The lowest BCUT2D eigenvalue weighted by molar-refractivity contribution is 0.221. The standard InChI is InChI=1S/C17H26N4S/c1-14-8-16(19-18-14)11-20(2)12-17-9-15(13-22-17)10-21-6-4-3-5-7-21/h8-9,13H,3-7,10-12H2,1-2H3,(H,18,19). The van der Waals surface area contributed by atoms with Crippen molar-refractivity contribution in [1.82, 2.24) is 20.0 Å². The molecule has 0 amide bonds. The first-order valence-electron chi connectivity index (χ1n) is 8.17. The third-order valence-corrected chi connectivity index (χ3v) is 5.15. The van der Waals surface area contributed by atoms with E-state index in [1.165, 1.54) is 42.8 Å². The van der Waals surface area contributed by atoms with Crippen molar-refractivity contribution in [1.29, 1.82) is 0 Å². The second-order valence-corrected chi connectivity index (χ2v) is 7.47. The average Bonchev–Trinajstić information content (AvgIpc) is 3.09. The van der Waals surface area contributed by atoms with Crippen molar-refractivity contribution in [2.45, 2.75) is 45.8 Å². The zero-order valence-electron chi connectivity index (χ0n) is 13.6. The number of rotatable bonds is 6.